The second-order valence-electron chi connectivity index (χ2n) is 8.06. The molecule has 1 aliphatic heterocycles. The Balaban J connectivity index is 2.42. The molecule has 2 aromatic carbocycles. The van der Waals surface area contributed by atoms with E-state index in [4.69, 9.17) is 13.9 Å². The first-order valence-electron chi connectivity index (χ1n) is 9.27. The molecule has 26 heavy (non-hydrogen) atoms. The minimum atomic E-state index is -1.13. The van der Waals surface area contributed by atoms with Crippen LogP contribution in [0.3, 0.4) is 0 Å². The van der Waals surface area contributed by atoms with Crippen LogP contribution in [0.25, 0.3) is 0 Å². The van der Waals surface area contributed by atoms with Crippen molar-refractivity contribution in [1.29, 1.82) is 0 Å². The Labute approximate surface area is 160 Å². The fourth-order valence-corrected chi connectivity index (χ4v) is 5.39. The minimum Gasteiger partial charge on any atom is -0.379 e. The molecule has 0 aromatic heterocycles. The molecular weight excluding hydrogens is 340 g/mol. The zero-order valence-electron chi connectivity index (χ0n) is 16.5. The normalized spacial score (nSPS) is 25.9. The Kier molecular flexibility index (Phi) is 5.40. The molecule has 0 radical (unpaired) electrons. The van der Waals surface area contributed by atoms with E-state index in [-0.39, 0.29) is 11.3 Å². The average Bonchev–Trinajstić information content (AvgIpc) is 2.67. The van der Waals surface area contributed by atoms with Crippen molar-refractivity contribution in [3.63, 3.8) is 0 Å². The maximum atomic E-state index is 6.30. The van der Waals surface area contributed by atoms with Crippen molar-refractivity contribution in [3.8, 4) is 0 Å². The summed E-state index contributed by atoms with van der Waals surface area (Å²) in [6.07, 6.45) is 0.948. The standard InChI is InChI=1S/C22H30O3Si/c1-20(2,3)19-15-16-24-22(23-4,25-26)21(19,17-11-7-5-8-12-17)18-13-9-6-10-14-18/h5-14,19H,15-16H2,1-4,26H3. The van der Waals surface area contributed by atoms with Crippen LogP contribution in [0.15, 0.2) is 60.7 Å². The van der Waals surface area contributed by atoms with Gasteiger partial charge in [0.2, 0.25) is 0 Å². The first-order chi connectivity index (χ1) is 12.4. The van der Waals surface area contributed by atoms with Crippen LogP contribution in [0.5, 0.6) is 0 Å². The molecule has 0 amide bonds. The van der Waals surface area contributed by atoms with Crippen LogP contribution in [-0.2, 0) is 19.3 Å². The molecule has 0 saturated carbocycles. The van der Waals surface area contributed by atoms with E-state index in [1.807, 2.05) is 12.1 Å². The highest BCUT2D eigenvalue weighted by Gasteiger charge is 2.64. The second kappa shape index (κ2) is 7.28. The van der Waals surface area contributed by atoms with Gasteiger partial charge in [-0.2, -0.15) is 0 Å². The smallest absolute Gasteiger partial charge is 0.287 e. The zero-order valence-corrected chi connectivity index (χ0v) is 18.5. The molecule has 2 atom stereocenters. The largest absolute Gasteiger partial charge is 0.379 e. The van der Waals surface area contributed by atoms with Gasteiger partial charge in [-0.25, -0.2) is 0 Å². The first kappa shape index (κ1) is 19.3. The number of hydrogen-bond acceptors (Lipinski definition) is 3. The summed E-state index contributed by atoms with van der Waals surface area (Å²) < 4.78 is 18.5. The molecule has 1 aliphatic rings. The van der Waals surface area contributed by atoms with Gasteiger partial charge in [-0.15, -0.1) is 0 Å². The van der Waals surface area contributed by atoms with E-state index in [9.17, 15) is 0 Å². The molecular formula is C22H30O3Si. The third kappa shape index (κ3) is 2.85. The van der Waals surface area contributed by atoms with E-state index in [1.165, 1.54) is 11.1 Å². The molecule has 2 aromatic rings. The van der Waals surface area contributed by atoms with E-state index in [1.54, 1.807) is 7.11 Å². The summed E-state index contributed by atoms with van der Waals surface area (Å²) in [4.78, 5) is 0. The monoisotopic (exact) mass is 370 g/mol. The van der Waals surface area contributed by atoms with Crippen LogP contribution in [-0.4, -0.2) is 30.2 Å². The molecule has 2 unspecified atom stereocenters. The van der Waals surface area contributed by atoms with Crippen molar-refractivity contribution >= 4 is 10.5 Å². The van der Waals surface area contributed by atoms with Crippen molar-refractivity contribution in [3.05, 3.63) is 71.8 Å². The molecule has 0 bridgehead atoms. The number of methoxy groups -OCH3 is 1. The molecule has 1 heterocycles. The average molecular weight is 371 g/mol. The number of benzene rings is 2. The highest BCUT2D eigenvalue weighted by molar-refractivity contribution is 5.98. The topological polar surface area (TPSA) is 27.7 Å². The third-order valence-electron chi connectivity index (χ3n) is 5.75. The van der Waals surface area contributed by atoms with Crippen molar-refractivity contribution in [1.82, 2.24) is 0 Å². The predicted molar refractivity (Wildman–Crippen MR) is 108 cm³/mol. The van der Waals surface area contributed by atoms with Gasteiger partial charge in [-0.1, -0.05) is 81.4 Å². The van der Waals surface area contributed by atoms with Gasteiger partial charge in [0.05, 0.1) is 6.61 Å². The van der Waals surface area contributed by atoms with Crippen molar-refractivity contribution < 1.29 is 13.9 Å². The van der Waals surface area contributed by atoms with Gasteiger partial charge in [0, 0.05) is 7.11 Å². The molecule has 1 saturated heterocycles. The fourth-order valence-electron chi connectivity index (χ4n) is 4.79. The molecule has 3 nitrogen and oxygen atoms in total. The Hall–Kier alpha value is -1.46. The molecule has 1 fully saturated rings. The van der Waals surface area contributed by atoms with Gasteiger partial charge < -0.3 is 13.9 Å². The van der Waals surface area contributed by atoms with Crippen LogP contribution in [0.1, 0.15) is 38.3 Å². The second-order valence-corrected chi connectivity index (χ2v) is 8.47. The van der Waals surface area contributed by atoms with Crippen molar-refractivity contribution in [2.45, 2.75) is 38.6 Å². The van der Waals surface area contributed by atoms with E-state index in [0.717, 1.165) is 6.42 Å². The summed E-state index contributed by atoms with van der Waals surface area (Å²) in [5, 5.41) is 0. The molecule has 4 heteroatoms. The first-order valence-corrected chi connectivity index (χ1v) is 10.1. The van der Waals surface area contributed by atoms with Crippen molar-refractivity contribution in [2.24, 2.45) is 11.3 Å². The summed E-state index contributed by atoms with van der Waals surface area (Å²) in [5.41, 5.74) is 1.83. The van der Waals surface area contributed by atoms with Gasteiger partial charge in [0.15, 0.2) is 10.5 Å². The van der Waals surface area contributed by atoms with Crippen molar-refractivity contribution in [2.75, 3.05) is 13.7 Å². The SMILES string of the molecule is COC1(O[SiH3])OCCC(C(C)(C)C)C1(c1ccccc1)c1ccccc1. The highest BCUT2D eigenvalue weighted by atomic mass is 28.2. The molecule has 0 aliphatic carbocycles. The molecule has 0 N–H and O–H groups in total. The van der Waals surface area contributed by atoms with Gasteiger partial charge in [-0.05, 0) is 28.9 Å². The number of ether oxygens (including phenoxy) is 2. The maximum Gasteiger partial charge on any atom is 0.287 e. The lowest BCUT2D eigenvalue weighted by Gasteiger charge is -2.58. The van der Waals surface area contributed by atoms with Crippen LogP contribution in [0.4, 0.5) is 0 Å². The zero-order chi connectivity index (χ0) is 18.8. The van der Waals surface area contributed by atoms with Gasteiger partial charge in [-0.3, -0.25) is 0 Å². The molecule has 140 valence electrons. The van der Waals surface area contributed by atoms with Crippen LogP contribution in [0.2, 0.25) is 0 Å². The van der Waals surface area contributed by atoms with E-state index in [0.29, 0.717) is 17.1 Å². The fraction of sp³-hybridized carbons (Fsp3) is 0.455. The Morgan fingerprint density at radius 1 is 0.962 bits per heavy atom. The summed E-state index contributed by atoms with van der Waals surface area (Å²) in [6, 6.07) is 21.1. The summed E-state index contributed by atoms with van der Waals surface area (Å²) in [6.45, 7) is 7.53. The van der Waals surface area contributed by atoms with Crippen LogP contribution >= 0.6 is 0 Å². The minimum absolute atomic E-state index is 0.0410. The lowest BCUT2D eigenvalue weighted by molar-refractivity contribution is -0.391. The lowest BCUT2D eigenvalue weighted by Crippen LogP contribution is -2.66. The number of hydrogen-bond donors (Lipinski definition) is 0. The van der Waals surface area contributed by atoms with Gasteiger partial charge in [0.25, 0.3) is 5.97 Å². The number of rotatable bonds is 4. The van der Waals surface area contributed by atoms with Gasteiger partial charge >= 0.3 is 0 Å². The summed E-state index contributed by atoms with van der Waals surface area (Å²) in [5.74, 6) is -0.847. The maximum absolute atomic E-state index is 6.30. The predicted octanol–water partition coefficient (Wildman–Crippen LogP) is 3.65. The van der Waals surface area contributed by atoms with Crippen LogP contribution < -0.4 is 0 Å². The van der Waals surface area contributed by atoms with Crippen LogP contribution in [0, 0.1) is 11.3 Å². The van der Waals surface area contributed by atoms with E-state index in [2.05, 4.69) is 69.3 Å². The summed E-state index contributed by atoms with van der Waals surface area (Å²) >= 11 is 0. The Bertz CT molecular complexity index is 666. The highest BCUT2D eigenvalue weighted by Crippen LogP contribution is 2.58. The van der Waals surface area contributed by atoms with Gasteiger partial charge in [0.1, 0.15) is 5.41 Å². The lowest BCUT2D eigenvalue weighted by atomic mass is 9.54. The van der Waals surface area contributed by atoms with E-state index >= 15 is 0 Å². The Morgan fingerprint density at radius 3 is 1.85 bits per heavy atom. The third-order valence-corrected chi connectivity index (χ3v) is 6.28. The molecule has 3 rings (SSSR count). The Morgan fingerprint density at radius 2 is 1.46 bits per heavy atom. The quantitative estimate of drug-likeness (QED) is 0.607. The molecule has 0 spiro atoms. The van der Waals surface area contributed by atoms with E-state index < -0.39 is 11.4 Å². The summed E-state index contributed by atoms with van der Waals surface area (Å²) in [7, 11) is 2.21.